The molecule has 16 heavy (non-hydrogen) atoms. The van der Waals surface area contributed by atoms with Crippen LogP contribution in [0.15, 0.2) is 0 Å². The van der Waals surface area contributed by atoms with E-state index in [1.165, 1.54) is 0 Å². The molecule has 1 rings (SSSR count). The highest BCUT2D eigenvalue weighted by Gasteiger charge is 2.28. The lowest BCUT2D eigenvalue weighted by Crippen LogP contribution is -2.42. The number of ketones is 1. The average Bonchev–Trinajstić information content (AvgIpc) is 2.22. The number of Topliss-reactive ketones (excluding diaryl/α,β-unsaturated/α-hetero) is 1. The minimum Gasteiger partial charge on any atom is -0.300 e. The first-order chi connectivity index (χ1) is 7.49. The fourth-order valence-electron chi connectivity index (χ4n) is 1.75. The van der Waals surface area contributed by atoms with Crippen LogP contribution >= 0.6 is 0 Å². The van der Waals surface area contributed by atoms with Crippen molar-refractivity contribution in [2.75, 3.05) is 0 Å². The van der Waals surface area contributed by atoms with E-state index >= 15 is 0 Å². The molecule has 90 valence electrons. The molecule has 1 N–H and O–H groups in total. The smallest absolute Gasteiger partial charge is 0.228 e. The van der Waals surface area contributed by atoms with Crippen molar-refractivity contribution in [3.05, 3.63) is 0 Å². The van der Waals surface area contributed by atoms with E-state index in [9.17, 15) is 13.2 Å². The number of sulfonamides is 1. The summed E-state index contributed by atoms with van der Waals surface area (Å²) in [4.78, 5) is 11.0. The van der Waals surface area contributed by atoms with Gasteiger partial charge in [-0.05, 0) is 19.3 Å². The number of nitrogens with one attached hydrogen (secondary N) is 1. The Bertz CT molecular complexity index is 387. The van der Waals surface area contributed by atoms with Gasteiger partial charge in [-0.1, -0.05) is 6.92 Å². The Morgan fingerprint density at radius 3 is 2.50 bits per heavy atom. The van der Waals surface area contributed by atoms with Crippen molar-refractivity contribution in [3.8, 4) is 6.07 Å². The molecule has 0 bridgehead atoms. The van der Waals surface area contributed by atoms with Crippen molar-refractivity contribution in [2.45, 2.75) is 50.3 Å². The van der Waals surface area contributed by atoms with Gasteiger partial charge in [0.15, 0.2) is 5.25 Å². The largest absolute Gasteiger partial charge is 0.300 e. The zero-order valence-corrected chi connectivity index (χ0v) is 10.1. The SMILES string of the molecule is CCC(C#N)S(=O)(=O)NC1CCC(=O)CC1. The molecule has 1 unspecified atom stereocenters. The van der Waals surface area contributed by atoms with E-state index in [2.05, 4.69) is 4.72 Å². The predicted octanol–water partition coefficient (Wildman–Crippen LogP) is 0.720. The predicted molar refractivity (Wildman–Crippen MR) is 59.0 cm³/mol. The Morgan fingerprint density at radius 1 is 1.50 bits per heavy atom. The van der Waals surface area contributed by atoms with Gasteiger partial charge in [0.05, 0.1) is 6.07 Å². The molecular formula is C10H16N2O3S. The molecule has 1 aliphatic rings. The van der Waals surface area contributed by atoms with Gasteiger partial charge in [-0.2, -0.15) is 5.26 Å². The second-order valence-electron chi connectivity index (χ2n) is 4.00. The number of hydrogen-bond acceptors (Lipinski definition) is 4. The van der Waals surface area contributed by atoms with Crippen molar-refractivity contribution in [1.82, 2.24) is 4.72 Å². The topological polar surface area (TPSA) is 87.0 Å². The fourth-order valence-corrected chi connectivity index (χ4v) is 3.19. The van der Waals surface area contributed by atoms with Gasteiger partial charge >= 0.3 is 0 Å². The lowest BCUT2D eigenvalue weighted by atomic mass is 9.95. The van der Waals surface area contributed by atoms with Crippen molar-refractivity contribution in [2.24, 2.45) is 0 Å². The average molecular weight is 244 g/mol. The first kappa shape index (κ1) is 13.1. The monoisotopic (exact) mass is 244 g/mol. The summed E-state index contributed by atoms with van der Waals surface area (Å²) in [5, 5.41) is 7.71. The second kappa shape index (κ2) is 5.41. The minimum atomic E-state index is -3.56. The summed E-state index contributed by atoms with van der Waals surface area (Å²) >= 11 is 0. The summed E-state index contributed by atoms with van der Waals surface area (Å²) in [6.45, 7) is 1.66. The summed E-state index contributed by atoms with van der Waals surface area (Å²) in [7, 11) is -3.56. The van der Waals surface area contributed by atoms with Crippen LogP contribution in [-0.2, 0) is 14.8 Å². The van der Waals surface area contributed by atoms with Gasteiger partial charge in [0.1, 0.15) is 5.78 Å². The Kier molecular flexibility index (Phi) is 4.44. The van der Waals surface area contributed by atoms with Gasteiger partial charge in [0.25, 0.3) is 0 Å². The van der Waals surface area contributed by atoms with Crippen molar-refractivity contribution < 1.29 is 13.2 Å². The Hall–Kier alpha value is -0.930. The maximum atomic E-state index is 11.7. The van der Waals surface area contributed by atoms with Crippen LogP contribution in [0.5, 0.6) is 0 Å². The number of carbonyl (C=O) groups excluding carboxylic acids is 1. The highest BCUT2D eigenvalue weighted by atomic mass is 32.2. The molecule has 1 fully saturated rings. The summed E-state index contributed by atoms with van der Waals surface area (Å²) in [5.41, 5.74) is 0. The lowest BCUT2D eigenvalue weighted by Gasteiger charge is -2.23. The first-order valence-corrected chi connectivity index (χ1v) is 6.96. The van der Waals surface area contributed by atoms with Crippen molar-refractivity contribution >= 4 is 15.8 Å². The zero-order chi connectivity index (χ0) is 12.2. The van der Waals surface area contributed by atoms with E-state index in [1.807, 2.05) is 0 Å². The van der Waals surface area contributed by atoms with Crippen molar-refractivity contribution in [1.29, 1.82) is 5.26 Å². The summed E-state index contributed by atoms with van der Waals surface area (Å²) in [5.74, 6) is 0.183. The number of hydrogen-bond donors (Lipinski definition) is 1. The molecule has 5 nitrogen and oxygen atoms in total. The van der Waals surface area contributed by atoms with Crippen LogP contribution in [0, 0.1) is 11.3 Å². The third kappa shape index (κ3) is 3.29. The van der Waals surface area contributed by atoms with Crippen LogP contribution in [0.25, 0.3) is 0 Å². The van der Waals surface area contributed by atoms with E-state index in [-0.39, 0.29) is 18.2 Å². The Labute approximate surface area is 95.9 Å². The maximum absolute atomic E-state index is 11.7. The van der Waals surface area contributed by atoms with E-state index in [0.29, 0.717) is 25.7 Å². The quantitative estimate of drug-likeness (QED) is 0.789. The van der Waals surface area contributed by atoms with Crippen LogP contribution < -0.4 is 4.72 Å². The normalized spacial score (nSPS) is 20.4. The van der Waals surface area contributed by atoms with Crippen LogP contribution in [-0.4, -0.2) is 25.5 Å². The molecule has 1 saturated carbocycles. The molecule has 0 aromatic carbocycles. The molecule has 0 aromatic heterocycles. The number of rotatable bonds is 4. The minimum absolute atomic E-state index is 0.183. The molecule has 0 radical (unpaired) electrons. The van der Waals surface area contributed by atoms with E-state index in [4.69, 9.17) is 5.26 Å². The number of nitriles is 1. The lowest BCUT2D eigenvalue weighted by molar-refractivity contribution is -0.120. The molecule has 0 saturated heterocycles. The summed E-state index contributed by atoms with van der Waals surface area (Å²) in [6.07, 6.45) is 2.21. The zero-order valence-electron chi connectivity index (χ0n) is 9.27. The fraction of sp³-hybridized carbons (Fsp3) is 0.800. The number of carbonyl (C=O) groups is 1. The van der Waals surface area contributed by atoms with Crippen LogP contribution in [0.4, 0.5) is 0 Å². The van der Waals surface area contributed by atoms with Crippen LogP contribution in [0.1, 0.15) is 39.0 Å². The van der Waals surface area contributed by atoms with E-state index in [0.717, 1.165) is 0 Å². The molecule has 0 heterocycles. The summed E-state index contributed by atoms with van der Waals surface area (Å²) < 4.78 is 26.0. The highest BCUT2D eigenvalue weighted by Crippen LogP contribution is 2.16. The molecular weight excluding hydrogens is 228 g/mol. The number of nitrogens with zero attached hydrogens (tertiary/aromatic N) is 1. The third-order valence-corrected chi connectivity index (χ3v) is 4.61. The summed E-state index contributed by atoms with van der Waals surface area (Å²) in [6, 6.07) is 1.58. The Balaban J connectivity index is 2.60. The van der Waals surface area contributed by atoms with Gasteiger partial charge in [0.2, 0.25) is 10.0 Å². The molecule has 1 aliphatic carbocycles. The standard InChI is InChI=1S/C10H16N2O3S/c1-2-10(7-11)16(14,15)12-8-3-5-9(13)6-4-8/h8,10,12H,2-6H2,1H3. The molecule has 6 heteroatoms. The van der Waals surface area contributed by atoms with Gasteiger partial charge < -0.3 is 0 Å². The van der Waals surface area contributed by atoms with Gasteiger partial charge in [-0.25, -0.2) is 13.1 Å². The van der Waals surface area contributed by atoms with E-state index < -0.39 is 15.3 Å². The van der Waals surface area contributed by atoms with Crippen LogP contribution in [0.2, 0.25) is 0 Å². The highest BCUT2D eigenvalue weighted by molar-refractivity contribution is 7.90. The third-order valence-electron chi connectivity index (χ3n) is 2.76. The van der Waals surface area contributed by atoms with Gasteiger partial charge in [-0.15, -0.1) is 0 Å². The molecule has 0 spiro atoms. The molecule has 0 amide bonds. The Morgan fingerprint density at radius 2 is 2.06 bits per heavy atom. The second-order valence-corrected chi connectivity index (χ2v) is 5.90. The van der Waals surface area contributed by atoms with Gasteiger partial charge in [-0.3, -0.25) is 4.79 Å². The van der Waals surface area contributed by atoms with Gasteiger partial charge in [0, 0.05) is 18.9 Å². The molecule has 0 aliphatic heterocycles. The molecule has 0 aromatic rings. The van der Waals surface area contributed by atoms with Crippen molar-refractivity contribution in [3.63, 3.8) is 0 Å². The molecule has 1 atom stereocenters. The maximum Gasteiger partial charge on any atom is 0.228 e. The van der Waals surface area contributed by atoms with E-state index in [1.54, 1.807) is 13.0 Å². The van der Waals surface area contributed by atoms with Crippen LogP contribution in [0.3, 0.4) is 0 Å². The first-order valence-electron chi connectivity index (χ1n) is 5.42.